The van der Waals surface area contributed by atoms with Gasteiger partial charge in [0.05, 0.1) is 0 Å². The Morgan fingerprint density at radius 2 is 2.22 bits per heavy atom. The van der Waals surface area contributed by atoms with E-state index in [0.29, 0.717) is 6.04 Å². The normalized spacial score (nSPS) is 16.8. The fourth-order valence-electron chi connectivity index (χ4n) is 2.22. The van der Waals surface area contributed by atoms with Crippen molar-refractivity contribution in [1.29, 1.82) is 0 Å². The summed E-state index contributed by atoms with van der Waals surface area (Å²) < 4.78 is 0. The molecule has 1 N–H and O–H groups in total. The van der Waals surface area contributed by atoms with Gasteiger partial charge in [-0.15, -0.1) is 11.8 Å². The lowest BCUT2D eigenvalue weighted by atomic mass is 10.1. The number of hydrogen-bond donors (Lipinski definition) is 1. The molecule has 1 saturated carbocycles. The van der Waals surface area contributed by atoms with Crippen molar-refractivity contribution in [3.8, 4) is 0 Å². The summed E-state index contributed by atoms with van der Waals surface area (Å²) in [5.41, 5.74) is 1.36. The van der Waals surface area contributed by atoms with Crippen molar-refractivity contribution < 1.29 is 0 Å². The molecular weight excluding hydrogens is 238 g/mol. The molecule has 1 nitrogen and oxygen atoms in total. The van der Waals surface area contributed by atoms with Crippen LogP contribution in [0.15, 0.2) is 29.2 Å². The van der Waals surface area contributed by atoms with E-state index in [4.69, 9.17) is 0 Å². The quantitative estimate of drug-likeness (QED) is 0.704. The van der Waals surface area contributed by atoms with E-state index in [-0.39, 0.29) is 0 Å². The smallest absolute Gasteiger partial charge is 0.0164 e. The van der Waals surface area contributed by atoms with Crippen LogP contribution in [0.3, 0.4) is 0 Å². The highest BCUT2D eigenvalue weighted by molar-refractivity contribution is 7.99. The summed E-state index contributed by atoms with van der Waals surface area (Å²) in [6, 6.07) is 9.54. The van der Waals surface area contributed by atoms with Crippen LogP contribution in [0.25, 0.3) is 0 Å². The fourth-order valence-corrected chi connectivity index (χ4v) is 3.31. The van der Waals surface area contributed by atoms with Crippen molar-refractivity contribution in [1.82, 2.24) is 5.32 Å². The highest BCUT2D eigenvalue weighted by Gasteiger charge is 2.25. The lowest BCUT2D eigenvalue weighted by Gasteiger charge is -2.18. The molecule has 0 amide bonds. The average molecular weight is 263 g/mol. The fraction of sp³-hybridized carbons (Fsp3) is 0.625. The molecule has 1 aromatic carbocycles. The van der Waals surface area contributed by atoms with Crippen LogP contribution in [-0.4, -0.2) is 18.3 Å². The monoisotopic (exact) mass is 263 g/mol. The van der Waals surface area contributed by atoms with E-state index in [1.807, 2.05) is 11.8 Å². The summed E-state index contributed by atoms with van der Waals surface area (Å²) in [7, 11) is 0. The molecular formula is C16H25NS. The van der Waals surface area contributed by atoms with Crippen molar-refractivity contribution in [2.75, 3.05) is 12.3 Å². The Morgan fingerprint density at radius 1 is 1.39 bits per heavy atom. The number of hydrogen-bond acceptors (Lipinski definition) is 2. The molecule has 0 heterocycles. The van der Waals surface area contributed by atoms with Crippen LogP contribution in [0.5, 0.6) is 0 Å². The van der Waals surface area contributed by atoms with Crippen molar-refractivity contribution in [2.24, 2.45) is 5.92 Å². The van der Waals surface area contributed by atoms with E-state index in [2.05, 4.69) is 43.4 Å². The van der Waals surface area contributed by atoms with Crippen LogP contribution in [-0.2, 0) is 0 Å². The van der Waals surface area contributed by atoms with Crippen molar-refractivity contribution in [3.63, 3.8) is 0 Å². The number of thioether (sulfide) groups is 1. The van der Waals surface area contributed by atoms with Crippen LogP contribution in [0.1, 0.15) is 38.2 Å². The summed E-state index contributed by atoms with van der Waals surface area (Å²) in [6.07, 6.45) is 5.52. The minimum Gasteiger partial charge on any atom is -0.313 e. The summed E-state index contributed by atoms with van der Waals surface area (Å²) in [4.78, 5) is 1.41. The second-order valence-corrected chi connectivity index (χ2v) is 6.55. The summed E-state index contributed by atoms with van der Waals surface area (Å²) in [5, 5.41) is 3.70. The molecule has 18 heavy (non-hydrogen) atoms. The molecule has 0 bridgehead atoms. The second kappa shape index (κ2) is 7.20. The zero-order valence-corrected chi connectivity index (χ0v) is 12.4. The summed E-state index contributed by atoms with van der Waals surface area (Å²) >= 11 is 2.00. The van der Waals surface area contributed by atoms with Crippen molar-refractivity contribution in [3.05, 3.63) is 29.8 Å². The van der Waals surface area contributed by atoms with Crippen LogP contribution in [0.4, 0.5) is 0 Å². The maximum Gasteiger partial charge on any atom is 0.0164 e. The number of benzene rings is 1. The Kier molecular flexibility index (Phi) is 5.58. The number of rotatable bonds is 8. The van der Waals surface area contributed by atoms with E-state index in [1.165, 1.54) is 41.9 Å². The molecule has 1 aliphatic rings. The molecule has 0 aliphatic heterocycles. The third-order valence-electron chi connectivity index (χ3n) is 3.44. The van der Waals surface area contributed by atoms with Gasteiger partial charge in [0.2, 0.25) is 0 Å². The van der Waals surface area contributed by atoms with Crippen LogP contribution < -0.4 is 5.32 Å². The topological polar surface area (TPSA) is 12.0 Å². The van der Waals surface area contributed by atoms with Crippen LogP contribution in [0.2, 0.25) is 0 Å². The zero-order valence-electron chi connectivity index (χ0n) is 11.6. The van der Waals surface area contributed by atoms with E-state index >= 15 is 0 Å². The Bertz CT molecular complexity index is 360. The third-order valence-corrected chi connectivity index (χ3v) is 4.59. The second-order valence-electron chi connectivity index (χ2n) is 5.46. The Morgan fingerprint density at radius 3 is 2.89 bits per heavy atom. The molecule has 0 saturated heterocycles. The standard InChI is InChI=1S/C16H25NS/c1-3-9-17-15(11-14-7-8-14)12-18-16-6-4-5-13(2)10-16/h4-6,10,14-15,17H,3,7-9,11-12H2,1-2H3. The SMILES string of the molecule is CCCNC(CSc1cccc(C)c1)CC1CC1. The molecule has 0 aromatic heterocycles. The Labute approximate surface area is 116 Å². The van der Waals surface area contributed by atoms with Gasteiger partial charge < -0.3 is 5.32 Å². The maximum absolute atomic E-state index is 3.70. The molecule has 1 unspecified atom stereocenters. The van der Waals surface area contributed by atoms with Gasteiger partial charge in [-0.2, -0.15) is 0 Å². The Balaban J connectivity index is 1.79. The van der Waals surface area contributed by atoms with Gasteiger partial charge in [0.25, 0.3) is 0 Å². The van der Waals surface area contributed by atoms with E-state index < -0.39 is 0 Å². The van der Waals surface area contributed by atoms with Crippen molar-refractivity contribution >= 4 is 11.8 Å². The van der Waals surface area contributed by atoms with Gasteiger partial charge in [-0.3, -0.25) is 0 Å². The molecule has 1 aliphatic carbocycles. The lowest BCUT2D eigenvalue weighted by Crippen LogP contribution is -2.32. The summed E-state index contributed by atoms with van der Waals surface area (Å²) in [6.45, 7) is 5.57. The third kappa shape index (κ3) is 5.03. The first-order chi connectivity index (χ1) is 8.78. The van der Waals surface area contributed by atoms with Crippen LogP contribution in [0, 0.1) is 12.8 Å². The van der Waals surface area contributed by atoms with Gasteiger partial charge >= 0.3 is 0 Å². The van der Waals surface area contributed by atoms with Crippen molar-refractivity contribution in [2.45, 2.75) is 50.5 Å². The van der Waals surface area contributed by atoms with Gasteiger partial charge in [-0.25, -0.2) is 0 Å². The zero-order chi connectivity index (χ0) is 12.8. The molecule has 0 radical (unpaired) electrons. The average Bonchev–Trinajstić information content (AvgIpc) is 3.17. The minimum absolute atomic E-state index is 0.697. The van der Waals surface area contributed by atoms with Gasteiger partial charge in [0.15, 0.2) is 0 Å². The van der Waals surface area contributed by atoms with Gasteiger partial charge in [-0.05, 0) is 44.4 Å². The highest BCUT2D eigenvalue weighted by Crippen LogP contribution is 2.34. The van der Waals surface area contributed by atoms with Crippen LogP contribution >= 0.6 is 11.8 Å². The number of aryl methyl sites for hydroxylation is 1. The molecule has 2 heteroatoms. The Hall–Kier alpha value is -0.470. The van der Waals surface area contributed by atoms with Gasteiger partial charge in [0, 0.05) is 16.7 Å². The molecule has 1 aromatic rings. The first-order valence-corrected chi connectivity index (χ1v) is 8.19. The molecule has 100 valence electrons. The molecule has 1 atom stereocenters. The molecule has 2 rings (SSSR count). The van der Waals surface area contributed by atoms with Gasteiger partial charge in [0.1, 0.15) is 0 Å². The maximum atomic E-state index is 3.70. The highest BCUT2D eigenvalue weighted by atomic mass is 32.2. The number of nitrogens with one attached hydrogen (secondary N) is 1. The van der Waals surface area contributed by atoms with E-state index in [9.17, 15) is 0 Å². The first kappa shape index (κ1) is 14.0. The largest absolute Gasteiger partial charge is 0.313 e. The summed E-state index contributed by atoms with van der Waals surface area (Å²) in [5.74, 6) is 2.22. The predicted molar refractivity (Wildman–Crippen MR) is 81.3 cm³/mol. The lowest BCUT2D eigenvalue weighted by molar-refractivity contribution is 0.494. The van der Waals surface area contributed by atoms with E-state index in [1.54, 1.807) is 0 Å². The van der Waals surface area contributed by atoms with Gasteiger partial charge in [-0.1, -0.05) is 37.5 Å². The molecule has 0 spiro atoms. The first-order valence-electron chi connectivity index (χ1n) is 7.20. The van der Waals surface area contributed by atoms with E-state index in [0.717, 1.165) is 12.5 Å². The minimum atomic E-state index is 0.697. The predicted octanol–water partition coefficient (Wildman–Crippen LogP) is 4.26. The molecule has 1 fully saturated rings.